The molecule has 0 saturated heterocycles. The molecule has 0 radical (unpaired) electrons. The molecule has 1 amide bonds. The van der Waals surface area contributed by atoms with Crippen molar-refractivity contribution in [1.29, 1.82) is 0 Å². The van der Waals surface area contributed by atoms with Gasteiger partial charge in [0.1, 0.15) is 5.82 Å². The quantitative estimate of drug-likeness (QED) is 0.684. The molecule has 0 atom stereocenters. The molecule has 1 rings (SSSR count). The smallest absolute Gasteiger partial charge is 0.239 e. The molecule has 0 bridgehead atoms. The highest BCUT2D eigenvalue weighted by molar-refractivity contribution is 5.82. The fourth-order valence-electron chi connectivity index (χ4n) is 1.24. The van der Waals surface area contributed by atoms with Crippen LogP contribution < -0.4 is 16.4 Å². The van der Waals surface area contributed by atoms with Crippen LogP contribution in [0.15, 0.2) is 18.2 Å². The van der Waals surface area contributed by atoms with E-state index in [1.165, 1.54) is 18.2 Å². The van der Waals surface area contributed by atoms with E-state index in [4.69, 9.17) is 5.73 Å². The van der Waals surface area contributed by atoms with Crippen molar-refractivity contribution in [1.82, 2.24) is 5.32 Å². The minimum atomic E-state index is -0.385. The van der Waals surface area contributed by atoms with E-state index in [9.17, 15) is 9.18 Å². The summed E-state index contributed by atoms with van der Waals surface area (Å²) in [6, 6.07) is 4.01. The molecule has 0 aliphatic rings. The van der Waals surface area contributed by atoms with Crippen LogP contribution in [-0.4, -0.2) is 19.0 Å². The molecule has 4 N–H and O–H groups in total. The fraction of sp³-hybridized carbons (Fsp3) is 0.417. The third-order valence-corrected chi connectivity index (χ3v) is 2.16. The van der Waals surface area contributed by atoms with Crippen molar-refractivity contribution in [2.24, 2.45) is 5.92 Å². The number of hydrogen-bond donors (Lipinski definition) is 3. The van der Waals surface area contributed by atoms with Crippen LogP contribution in [0.1, 0.15) is 13.8 Å². The molecule has 5 heteroatoms. The maximum absolute atomic E-state index is 12.9. The molecule has 94 valence electrons. The van der Waals surface area contributed by atoms with Crippen LogP contribution in [0.5, 0.6) is 0 Å². The van der Waals surface area contributed by atoms with Crippen molar-refractivity contribution in [2.45, 2.75) is 13.8 Å². The third-order valence-electron chi connectivity index (χ3n) is 2.16. The maximum Gasteiger partial charge on any atom is 0.239 e. The molecular formula is C12H18FN3O. The summed E-state index contributed by atoms with van der Waals surface area (Å²) in [6.45, 7) is 4.73. The van der Waals surface area contributed by atoms with Crippen molar-refractivity contribution < 1.29 is 9.18 Å². The number of benzene rings is 1. The highest BCUT2D eigenvalue weighted by Gasteiger charge is 2.04. The number of nitrogens with one attached hydrogen (secondary N) is 2. The number of halogens is 1. The second-order valence-corrected chi connectivity index (χ2v) is 4.28. The molecule has 4 nitrogen and oxygen atoms in total. The zero-order valence-corrected chi connectivity index (χ0v) is 10.1. The maximum atomic E-state index is 12.9. The van der Waals surface area contributed by atoms with Crippen LogP contribution in [0.4, 0.5) is 15.8 Å². The monoisotopic (exact) mass is 239 g/mol. The van der Waals surface area contributed by atoms with Gasteiger partial charge in [0.25, 0.3) is 0 Å². The Morgan fingerprint density at radius 1 is 1.47 bits per heavy atom. The van der Waals surface area contributed by atoms with Gasteiger partial charge in [-0.2, -0.15) is 0 Å². The van der Waals surface area contributed by atoms with E-state index in [-0.39, 0.29) is 18.3 Å². The van der Waals surface area contributed by atoms with E-state index in [0.717, 1.165) is 0 Å². The van der Waals surface area contributed by atoms with Gasteiger partial charge in [0, 0.05) is 6.54 Å². The highest BCUT2D eigenvalue weighted by atomic mass is 19.1. The summed E-state index contributed by atoms with van der Waals surface area (Å²) in [7, 11) is 0. The lowest BCUT2D eigenvalue weighted by Gasteiger charge is -2.11. The van der Waals surface area contributed by atoms with Crippen LogP contribution in [0, 0.1) is 11.7 Å². The lowest BCUT2D eigenvalue weighted by molar-refractivity contribution is -0.119. The molecule has 0 aliphatic heterocycles. The van der Waals surface area contributed by atoms with Crippen LogP contribution in [0.25, 0.3) is 0 Å². The standard InChI is InChI=1S/C12H18FN3O/c1-8(2)6-16-12(17)7-15-11-5-9(13)3-4-10(11)14/h3-5,8,15H,6-7,14H2,1-2H3,(H,16,17). The molecular weight excluding hydrogens is 221 g/mol. The average Bonchev–Trinajstić information content (AvgIpc) is 2.27. The SMILES string of the molecule is CC(C)CNC(=O)CNc1cc(F)ccc1N. The normalized spacial score (nSPS) is 10.4. The molecule has 0 unspecified atom stereocenters. The first-order valence-electron chi connectivity index (χ1n) is 5.54. The van der Waals surface area contributed by atoms with Crippen molar-refractivity contribution in [2.75, 3.05) is 24.1 Å². The van der Waals surface area contributed by atoms with E-state index in [0.29, 0.717) is 23.8 Å². The lowest BCUT2D eigenvalue weighted by Crippen LogP contribution is -2.32. The Hall–Kier alpha value is -1.78. The topological polar surface area (TPSA) is 67.2 Å². The second-order valence-electron chi connectivity index (χ2n) is 4.28. The molecule has 1 aromatic rings. The third kappa shape index (κ3) is 4.72. The highest BCUT2D eigenvalue weighted by Crippen LogP contribution is 2.18. The Morgan fingerprint density at radius 3 is 2.82 bits per heavy atom. The zero-order chi connectivity index (χ0) is 12.8. The molecule has 0 aliphatic carbocycles. The molecule has 0 heterocycles. The molecule has 0 saturated carbocycles. The van der Waals surface area contributed by atoms with Crippen molar-refractivity contribution in [3.63, 3.8) is 0 Å². The van der Waals surface area contributed by atoms with Gasteiger partial charge < -0.3 is 16.4 Å². The van der Waals surface area contributed by atoms with Gasteiger partial charge >= 0.3 is 0 Å². The van der Waals surface area contributed by atoms with Crippen LogP contribution in [0.3, 0.4) is 0 Å². The minimum Gasteiger partial charge on any atom is -0.397 e. The van der Waals surface area contributed by atoms with Crippen LogP contribution in [-0.2, 0) is 4.79 Å². The van der Waals surface area contributed by atoms with Gasteiger partial charge in [0.15, 0.2) is 0 Å². The van der Waals surface area contributed by atoms with Gasteiger partial charge in [-0.15, -0.1) is 0 Å². The summed E-state index contributed by atoms with van der Waals surface area (Å²) < 4.78 is 12.9. The summed E-state index contributed by atoms with van der Waals surface area (Å²) in [5.41, 5.74) is 6.49. The number of hydrogen-bond acceptors (Lipinski definition) is 3. The number of carbonyl (C=O) groups is 1. The summed E-state index contributed by atoms with van der Waals surface area (Å²) in [4.78, 5) is 11.4. The molecule has 0 fully saturated rings. The molecule has 0 spiro atoms. The first-order chi connectivity index (χ1) is 7.99. The van der Waals surface area contributed by atoms with Gasteiger partial charge in [-0.05, 0) is 24.1 Å². The van der Waals surface area contributed by atoms with Crippen molar-refractivity contribution >= 4 is 17.3 Å². The van der Waals surface area contributed by atoms with E-state index in [2.05, 4.69) is 10.6 Å². The number of carbonyl (C=O) groups excluding carboxylic acids is 1. The van der Waals surface area contributed by atoms with Crippen LogP contribution in [0.2, 0.25) is 0 Å². The first-order valence-corrected chi connectivity index (χ1v) is 5.54. The van der Waals surface area contributed by atoms with Gasteiger partial charge in [-0.3, -0.25) is 4.79 Å². The van der Waals surface area contributed by atoms with E-state index < -0.39 is 0 Å². The Bertz CT molecular complexity index is 393. The molecule has 0 aromatic heterocycles. The van der Waals surface area contributed by atoms with E-state index in [1.54, 1.807) is 0 Å². The summed E-state index contributed by atoms with van der Waals surface area (Å²) in [5.74, 6) is -0.121. The number of nitrogen functional groups attached to an aromatic ring is 1. The lowest BCUT2D eigenvalue weighted by atomic mass is 10.2. The zero-order valence-electron chi connectivity index (χ0n) is 10.1. The number of nitrogens with two attached hydrogens (primary N) is 1. The minimum absolute atomic E-state index is 0.0837. The van der Waals surface area contributed by atoms with Crippen molar-refractivity contribution in [3.8, 4) is 0 Å². The summed E-state index contributed by atoms with van der Waals surface area (Å²) >= 11 is 0. The first kappa shape index (κ1) is 13.3. The largest absolute Gasteiger partial charge is 0.397 e. The van der Waals surface area contributed by atoms with Gasteiger partial charge in [-0.1, -0.05) is 13.8 Å². The average molecular weight is 239 g/mol. The van der Waals surface area contributed by atoms with Gasteiger partial charge in [0.2, 0.25) is 5.91 Å². The van der Waals surface area contributed by atoms with Gasteiger partial charge in [-0.25, -0.2) is 4.39 Å². The predicted molar refractivity (Wildman–Crippen MR) is 67.1 cm³/mol. The predicted octanol–water partition coefficient (Wildman–Crippen LogP) is 1.59. The van der Waals surface area contributed by atoms with E-state index >= 15 is 0 Å². The summed E-state index contributed by atoms with van der Waals surface area (Å²) in [6.07, 6.45) is 0. The second kappa shape index (κ2) is 6.08. The molecule has 1 aromatic carbocycles. The Labute approximate surface area is 100 Å². The number of anilines is 2. The fourth-order valence-corrected chi connectivity index (χ4v) is 1.24. The Kier molecular flexibility index (Phi) is 4.75. The molecule has 17 heavy (non-hydrogen) atoms. The Balaban J connectivity index is 2.44. The van der Waals surface area contributed by atoms with Crippen molar-refractivity contribution in [3.05, 3.63) is 24.0 Å². The Morgan fingerprint density at radius 2 is 2.18 bits per heavy atom. The summed E-state index contributed by atoms with van der Waals surface area (Å²) in [5, 5.41) is 5.55. The van der Waals surface area contributed by atoms with Crippen LogP contribution >= 0.6 is 0 Å². The number of rotatable bonds is 5. The van der Waals surface area contributed by atoms with E-state index in [1.807, 2.05) is 13.8 Å². The number of amides is 1. The van der Waals surface area contributed by atoms with Gasteiger partial charge in [0.05, 0.1) is 17.9 Å².